The quantitative estimate of drug-likeness (QED) is 0.233. The van der Waals surface area contributed by atoms with Gasteiger partial charge in [-0.2, -0.15) is 5.10 Å². The van der Waals surface area contributed by atoms with Crippen LogP contribution in [0, 0.1) is 6.92 Å². The second kappa shape index (κ2) is 10.3. The number of hydrogen-bond acceptors (Lipinski definition) is 7. The lowest BCUT2D eigenvalue weighted by molar-refractivity contribution is 0.0955. The average molecular weight is 464 g/mol. The number of thioether (sulfide) groups is 1. The van der Waals surface area contributed by atoms with Crippen molar-refractivity contribution in [3.8, 4) is 11.4 Å². The summed E-state index contributed by atoms with van der Waals surface area (Å²) in [6, 6.07) is 17.0. The van der Waals surface area contributed by atoms with Gasteiger partial charge in [0.2, 0.25) is 0 Å². The maximum atomic E-state index is 12.4. The highest BCUT2D eigenvalue weighted by Crippen LogP contribution is 2.30. The average Bonchev–Trinajstić information content (AvgIpc) is 3.50. The highest BCUT2D eigenvalue weighted by molar-refractivity contribution is 8.00. The van der Waals surface area contributed by atoms with Gasteiger partial charge in [0.1, 0.15) is 10.8 Å². The van der Waals surface area contributed by atoms with E-state index >= 15 is 0 Å². The Morgan fingerprint density at radius 1 is 1.19 bits per heavy atom. The number of nitrogens with zero attached hydrogens (tertiary/aromatic N) is 4. The summed E-state index contributed by atoms with van der Waals surface area (Å²) in [6.07, 6.45) is 5.53. The molecule has 0 atom stereocenters. The predicted octanol–water partition coefficient (Wildman–Crippen LogP) is 4.70. The number of carbonyl (C=O) groups is 1. The lowest BCUT2D eigenvalue weighted by Gasteiger charge is -2.08. The molecule has 32 heavy (non-hydrogen) atoms. The van der Waals surface area contributed by atoms with Gasteiger partial charge in [0.25, 0.3) is 5.91 Å². The van der Waals surface area contributed by atoms with Gasteiger partial charge >= 0.3 is 0 Å². The first kappa shape index (κ1) is 21.8. The third-order valence-corrected chi connectivity index (χ3v) is 6.60. The van der Waals surface area contributed by atoms with Crippen molar-refractivity contribution in [2.75, 3.05) is 7.11 Å². The Morgan fingerprint density at radius 2 is 1.97 bits per heavy atom. The van der Waals surface area contributed by atoms with E-state index < -0.39 is 0 Å². The molecule has 0 saturated heterocycles. The SMILES string of the molecule is COc1ccc(C=NNC(=O)c2ccc(-n3cccc3)cc2)cc1CSc1nnc(C)s1. The third kappa shape index (κ3) is 5.43. The molecule has 7 nitrogen and oxygen atoms in total. The van der Waals surface area contributed by atoms with Gasteiger partial charge in [-0.15, -0.1) is 10.2 Å². The van der Waals surface area contributed by atoms with Crippen LogP contribution in [0.25, 0.3) is 5.69 Å². The second-order valence-electron chi connectivity index (χ2n) is 6.78. The molecule has 9 heteroatoms. The summed E-state index contributed by atoms with van der Waals surface area (Å²) in [7, 11) is 1.65. The molecule has 0 spiro atoms. The number of benzene rings is 2. The van der Waals surface area contributed by atoms with Crippen LogP contribution in [0.4, 0.5) is 0 Å². The smallest absolute Gasteiger partial charge is 0.271 e. The largest absolute Gasteiger partial charge is 0.496 e. The summed E-state index contributed by atoms with van der Waals surface area (Å²) < 4.78 is 8.36. The zero-order valence-corrected chi connectivity index (χ0v) is 19.2. The summed E-state index contributed by atoms with van der Waals surface area (Å²) in [5, 5.41) is 13.2. The minimum Gasteiger partial charge on any atom is -0.496 e. The number of carbonyl (C=O) groups excluding carboxylic acids is 1. The van der Waals surface area contributed by atoms with E-state index in [1.165, 1.54) is 0 Å². The molecule has 2 heterocycles. The number of nitrogens with one attached hydrogen (secondary N) is 1. The number of rotatable bonds is 8. The highest BCUT2D eigenvalue weighted by Gasteiger charge is 2.08. The minimum absolute atomic E-state index is 0.267. The van der Waals surface area contributed by atoms with Gasteiger partial charge in [0, 0.05) is 35.0 Å². The second-order valence-corrected chi connectivity index (χ2v) is 9.19. The van der Waals surface area contributed by atoms with Crippen molar-refractivity contribution in [3.05, 3.63) is 88.7 Å². The molecule has 2 aromatic heterocycles. The summed E-state index contributed by atoms with van der Waals surface area (Å²) >= 11 is 3.17. The van der Waals surface area contributed by atoms with Crippen LogP contribution in [0.3, 0.4) is 0 Å². The van der Waals surface area contributed by atoms with Crippen molar-refractivity contribution < 1.29 is 9.53 Å². The van der Waals surface area contributed by atoms with Crippen LogP contribution in [0.2, 0.25) is 0 Å². The van der Waals surface area contributed by atoms with E-state index in [4.69, 9.17) is 4.74 Å². The van der Waals surface area contributed by atoms with Crippen LogP contribution >= 0.6 is 23.1 Å². The predicted molar refractivity (Wildman–Crippen MR) is 128 cm³/mol. The summed E-state index contributed by atoms with van der Waals surface area (Å²) in [4.78, 5) is 12.4. The molecule has 4 aromatic rings. The van der Waals surface area contributed by atoms with E-state index in [1.54, 1.807) is 48.6 Å². The monoisotopic (exact) mass is 463 g/mol. The fourth-order valence-electron chi connectivity index (χ4n) is 2.99. The molecule has 1 amide bonds. The van der Waals surface area contributed by atoms with Crippen LogP contribution in [0.15, 0.2) is 76.4 Å². The van der Waals surface area contributed by atoms with Gasteiger partial charge in [0.05, 0.1) is 13.3 Å². The van der Waals surface area contributed by atoms with Crippen molar-refractivity contribution in [1.29, 1.82) is 0 Å². The first-order valence-corrected chi connectivity index (χ1v) is 11.6. The molecule has 162 valence electrons. The first-order chi connectivity index (χ1) is 15.6. The molecule has 0 radical (unpaired) electrons. The summed E-state index contributed by atoms with van der Waals surface area (Å²) in [5.41, 5.74) is 5.98. The van der Waals surface area contributed by atoms with Crippen LogP contribution in [-0.4, -0.2) is 34.0 Å². The number of aromatic nitrogens is 3. The minimum atomic E-state index is -0.267. The molecule has 0 bridgehead atoms. The standard InChI is InChI=1S/C23H21N5O2S2/c1-16-25-27-23(32-16)31-15-19-13-17(5-10-21(19)30-2)14-24-26-22(29)18-6-8-20(9-7-18)28-11-3-4-12-28/h3-14H,15H2,1-2H3,(H,26,29). The van der Waals surface area contributed by atoms with E-state index in [9.17, 15) is 4.79 Å². The number of hydrazone groups is 1. The normalized spacial score (nSPS) is 11.1. The first-order valence-electron chi connectivity index (χ1n) is 9.79. The van der Waals surface area contributed by atoms with Gasteiger partial charge in [-0.3, -0.25) is 4.79 Å². The third-order valence-electron chi connectivity index (χ3n) is 4.57. The van der Waals surface area contributed by atoms with E-state index in [2.05, 4.69) is 20.7 Å². The highest BCUT2D eigenvalue weighted by atomic mass is 32.2. The molecule has 4 rings (SSSR count). The fourth-order valence-corrected chi connectivity index (χ4v) is 4.78. The molecule has 0 aliphatic heterocycles. The Bertz CT molecular complexity index is 1220. The van der Waals surface area contributed by atoms with Crippen LogP contribution in [0.5, 0.6) is 5.75 Å². The topological polar surface area (TPSA) is 81.4 Å². The van der Waals surface area contributed by atoms with Crippen molar-refractivity contribution in [2.45, 2.75) is 17.0 Å². The van der Waals surface area contributed by atoms with E-state index in [-0.39, 0.29) is 5.91 Å². The number of ether oxygens (including phenoxy) is 1. The maximum absolute atomic E-state index is 12.4. The molecule has 0 saturated carbocycles. The molecule has 0 fully saturated rings. The zero-order valence-electron chi connectivity index (χ0n) is 17.6. The van der Waals surface area contributed by atoms with Gasteiger partial charge in [0.15, 0.2) is 4.34 Å². The number of hydrogen-bond donors (Lipinski definition) is 1. The van der Waals surface area contributed by atoms with Crippen LogP contribution in [0.1, 0.15) is 26.5 Å². The molecule has 0 unspecified atom stereocenters. The van der Waals surface area contributed by atoms with Gasteiger partial charge in [-0.25, -0.2) is 5.43 Å². The lowest BCUT2D eigenvalue weighted by atomic mass is 10.1. The molecular weight excluding hydrogens is 442 g/mol. The van der Waals surface area contributed by atoms with Crippen LogP contribution < -0.4 is 10.2 Å². The number of methoxy groups -OCH3 is 1. The van der Waals surface area contributed by atoms with Crippen molar-refractivity contribution in [1.82, 2.24) is 20.2 Å². The Hall–Kier alpha value is -3.43. The zero-order chi connectivity index (χ0) is 22.3. The fraction of sp³-hybridized carbons (Fsp3) is 0.130. The number of amides is 1. The van der Waals surface area contributed by atoms with Crippen molar-refractivity contribution in [3.63, 3.8) is 0 Å². The van der Waals surface area contributed by atoms with E-state index in [0.29, 0.717) is 11.3 Å². The van der Waals surface area contributed by atoms with Crippen LogP contribution in [-0.2, 0) is 5.75 Å². The molecule has 1 N–H and O–H groups in total. The van der Waals surface area contributed by atoms with Gasteiger partial charge < -0.3 is 9.30 Å². The molecule has 2 aromatic carbocycles. The van der Waals surface area contributed by atoms with E-state index in [1.807, 2.05) is 66.3 Å². The Morgan fingerprint density at radius 3 is 2.66 bits per heavy atom. The van der Waals surface area contributed by atoms with Gasteiger partial charge in [-0.05, 0) is 67.1 Å². The Kier molecular flexibility index (Phi) is 6.98. The van der Waals surface area contributed by atoms with Crippen molar-refractivity contribution in [2.24, 2.45) is 5.10 Å². The molecular formula is C23H21N5O2S2. The summed E-state index contributed by atoms with van der Waals surface area (Å²) in [6.45, 7) is 1.93. The van der Waals surface area contributed by atoms with Gasteiger partial charge in [-0.1, -0.05) is 23.1 Å². The van der Waals surface area contributed by atoms with Crippen molar-refractivity contribution >= 4 is 35.2 Å². The van der Waals surface area contributed by atoms with E-state index in [0.717, 1.165) is 31.9 Å². The maximum Gasteiger partial charge on any atom is 0.271 e. The lowest BCUT2D eigenvalue weighted by Crippen LogP contribution is -2.17. The molecule has 0 aliphatic rings. The molecule has 0 aliphatic carbocycles. The Balaban J connectivity index is 1.38. The Labute approximate surface area is 194 Å². The summed E-state index contributed by atoms with van der Waals surface area (Å²) in [5.74, 6) is 1.22. The number of aryl methyl sites for hydroxylation is 1.